The van der Waals surface area contributed by atoms with Crippen LogP contribution in [0.5, 0.6) is 0 Å². The van der Waals surface area contributed by atoms with Crippen LogP contribution in [0.3, 0.4) is 0 Å². The quantitative estimate of drug-likeness (QED) is 0.463. The van der Waals surface area contributed by atoms with E-state index >= 15 is 0 Å². The summed E-state index contributed by atoms with van der Waals surface area (Å²) in [5.41, 5.74) is 0. The molecule has 0 N–H and O–H groups in total. The van der Waals surface area contributed by atoms with Gasteiger partial charge in [-0.1, -0.05) is 57.6 Å². The lowest BCUT2D eigenvalue weighted by Crippen LogP contribution is -2.21. The predicted molar refractivity (Wildman–Crippen MR) is 96.1 cm³/mol. The van der Waals surface area contributed by atoms with Gasteiger partial charge in [0, 0.05) is 7.11 Å². The van der Waals surface area contributed by atoms with Crippen LogP contribution in [0, 0.1) is 17.8 Å². The molecule has 0 bridgehead atoms. The molecule has 2 aliphatic carbocycles. The van der Waals surface area contributed by atoms with Gasteiger partial charge >= 0.3 is 0 Å². The van der Waals surface area contributed by atoms with Crippen LogP contribution < -0.4 is 0 Å². The molecule has 0 heterocycles. The summed E-state index contributed by atoms with van der Waals surface area (Å²) in [6, 6.07) is 0. The van der Waals surface area contributed by atoms with E-state index in [1.165, 1.54) is 83.5 Å². The van der Waals surface area contributed by atoms with Crippen molar-refractivity contribution in [2.75, 3.05) is 7.11 Å². The van der Waals surface area contributed by atoms with Crippen LogP contribution in [0.2, 0.25) is 0 Å². The molecule has 0 aliphatic heterocycles. The monoisotopic (exact) mass is 306 g/mol. The highest BCUT2D eigenvalue weighted by atomic mass is 16.5. The van der Waals surface area contributed by atoms with Gasteiger partial charge in [0.2, 0.25) is 0 Å². The molecular weight excluding hydrogens is 268 g/mol. The first-order valence-electron chi connectivity index (χ1n) is 9.99. The molecule has 0 atom stereocenters. The first kappa shape index (κ1) is 18.0. The SMILES string of the molecule is CC/C=C/CCC1CCC(CCC2CCC(OC)CC2)CC1. The van der Waals surface area contributed by atoms with Gasteiger partial charge in [-0.15, -0.1) is 0 Å². The van der Waals surface area contributed by atoms with E-state index in [4.69, 9.17) is 4.74 Å². The standard InChI is InChI=1S/C21H38O/c1-3-4-5-6-7-18-8-10-19(11-9-18)12-13-20-14-16-21(22-2)17-15-20/h4-5,18-21H,3,6-17H2,1-2H3/b5-4+. The Kier molecular flexibility index (Phi) is 8.59. The van der Waals surface area contributed by atoms with Crippen molar-refractivity contribution >= 4 is 0 Å². The Morgan fingerprint density at radius 2 is 1.23 bits per heavy atom. The maximum atomic E-state index is 5.49. The number of methoxy groups -OCH3 is 1. The van der Waals surface area contributed by atoms with E-state index in [1.807, 2.05) is 7.11 Å². The normalized spacial score (nSPS) is 33.4. The van der Waals surface area contributed by atoms with Gasteiger partial charge in [0.15, 0.2) is 0 Å². The zero-order chi connectivity index (χ0) is 15.6. The van der Waals surface area contributed by atoms with Crippen molar-refractivity contribution < 1.29 is 4.74 Å². The van der Waals surface area contributed by atoms with Crippen molar-refractivity contribution in [3.8, 4) is 0 Å². The molecule has 0 unspecified atom stereocenters. The molecule has 2 saturated carbocycles. The van der Waals surface area contributed by atoms with Crippen LogP contribution in [-0.4, -0.2) is 13.2 Å². The van der Waals surface area contributed by atoms with E-state index in [0.717, 1.165) is 17.8 Å². The van der Waals surface area contributed by atoms with E-state index in [-0.39, 0.29) is 0 Å². The summed E-state index contributed by atoms with van der Waals surface area (Å²) in [7, 11) is 1.88. The average molecular weight is 307 g/mol. The van der Waals surface area contributed by atoms with Crippen molar-refractivity contribution in [1.29, 1.82) is 0 Å². The molecule has 128 valence electrons. The summed E-state index contributed by atoms with van der Waals surface area (Å²) in [5, 5.41) is 0. The number of ether oxygens (including phenoxy) is 1. The lowest BCUT2D eigenvalue weighted by atomic mass is 9.76. The third-order valence-electron chi connectivity index (χ3n) is 6.22. The largest absolute Gasteiger partial charge is 0.381 e. The number of hydrogen-bond donors (Lipinski definition) is 0. The van der Waals surface area contributed by atoms with Crippen molar-refractivity contribution in [2.45, 2.75) is 96.5 Å². The fourth-order valence-corrected chi connectivity index (χ4v) is 4.55. The zero-order valence-electron chi connectivity index (χ0n) is 15.1. The first-order chi connectivity index (χ1) is 10.8. The molecule has 22 heavy (non-hydrogen) atoms. The molecule has 0 saturated heterocycles. The van der Waals surface area contributed by atoms with E-state index in [1.54, 1.807) is 0 Å². The van der Waals surface area contributed by atoms with Gasteiger partial charge in [-0.3, -0.25) is 0 Å². The predicted octanol–water partition coefficient (Wildman–Crippen LogP) is 6.52. The van der Waals surface area contributed by atoms with Crippen molar-refractivity contribution in [3.63, 3.8) is 0 Å². The first-order valence-corrected chi connectivity index (χ1v) is 9.99. The Labute approximate surface area is 138 Å². The maximum Gasteiger partial charge on any atom is 0.0571 e. The van der Waals surface area contributed by atoms with Crippen LogP contribution in [-0.2, 0) is 4.74 Å². The summed E-state index contributed by atoms with van der Waals surface area (Å²) < 4.78 is 5.49. The van der Waals surface area contributed by atoms with Crippen LogP contribution >= 0.6 is 0 Å². The average Bonchev–Trinajstić information content (AvgIpc) is 2.58. The Morgan fingerprint density at radius 3 is 1.73 bits per heavy atom. The summed E-state index contributed by atoms with van der Waals surface area (Å²) in [6.45, 7) is 2.23. The van der Waals surface area contributed by atoms with E-state index in [9.17, 15) is 0 Å². The lowest BCUT2D eigenvalue weighted by molar-refractivity contribution is 0.0540. The molecule has 0 spiro atoms. The Bertz CT molecular complexity index is 293. The molecule has 2 aliphatic rings. The van der Waals surface area contributed by atoms with Crippen molar-refractivity contribution in [2.24, 2.45) is 17.8 Å². The fourth-order valence-electron chi connectivity index (χ4n) is 4.55. The minimum Gasteiger partial charge on any atom is -0.381 e. The van der Waals surface area contributed by atoms with Gasteiger partial charge < -0.3 is 4.74 Å². The topological polar surface area (TPSA) is 9.23 Å². The fraction of sp³-hybridized carbons (Fsp3) is 0.905. The van der Waals surface area contributed by atoms with Crippen LogP contribution in [0.25, 0.3) is 0 Å². The van der Waals surface area contributed by atoms with E-state index in [0.29, 0.717) is 6.10 Å². The smallest absolute Gasteiger partial charge is 0.0571 e. The molecule has 0 aromatic carbocycles. The molecule has 0 radical (unpaired) electrons. The van der Waals surface area contributed by atoms with Gasteiger partial charge in [-0.05, 0) is 62.7 Å². The number of hydrogen-bond acceptors (Lipinski definition) is 1. The van der Waals surface area contributed by atoms with Gasteiger partial charge in [0.05, 0.1) is 6.10 Å². The second-order valence-electron chi connectivity index (χ2n) is 7.80. The number of allylic oxidation sites excluding steroid dienone is 2. The van der Waals surface area contributed by atoms with Crippen LogP contribution in [0.15, 0.2) is 12.2 Å². The second-order valence-corrected chi connectivity index (χ2v) is 7.80. The molecule has 2 rings (SSSR count). The van der Waals surface area contributed by atoms with Gasteiger partial charge in [-0.25, -0.2) is 0 Å². The molecule has 1 heteroatoms. The Hall–Kier alpha value is -0.300. The zero-order valence-corrected chi connectivity index (χ0v) is 15.1. The Balaban J connectivity index is 1.53. The third kappa shape index (κ3) is 6.44. The van der Waals surface area contributed by atoms with E-state index in [2.05, 4.69) is 19.1 Å². The second kappa shape index (κ2) is 10.5. The minimum absolute atomic E-state index is 0.563. The van der Waals surface area contributed by atoms with Crippen LogP contribution in [0.1, 0.15) is 90.4 Å². The summed E-state index contributed by atoms with van der Waals surface area (Å²) >= 11 is 0. The minimum atomic E-state index is 0.563. The molecular formula is C21H38O. The van der Waals surface area contributed by atoms with Gasteiger partial charge in [0.25, 0.3) is 0 Å². The summed E-state index contributed by atoms with van der Waals surface area (Å²) in [4.78, 5) is 0. The third-order valence-corrected chi connectivity index (χ3v) is 6.22. The molecule has 0 aromatic heterocycles. The molecule has 1 nitrogen and oxygen atoms in total. The van der Waals surface area contributed by atoms with Gasteiger partial charge in [-0.2, -0.15) is 0 Å². The highest BCUT2D eigenvalue weighted by molar-refractivity contribution is 4.82. The molecule has 2 fully saturated rings. The highest BCUT2D eigenvalue weighted by Crippen LogP contribution is 2.36. The molecule has 0 aromatic rings. The van der Waals surface area contributed by atoms with Crippen LogP contribution in [0.4, 0.5) is 0 Å². The lowest BCUT2D eigenvalue weighted by Gasteiger charge is -2.31. The highest BCUT2D eigenvalue weighted by Gasteiger charge is 2.24. The van der Waals surface area contributed by atoms with E-state index < -0.39 is 0 Å². The van der Waals surface area contributed by atoms with Crippen molar-refractivity contribution in [1.82, 2.24) is 0 Å². The summed E-state index contributed by atoms with van der Waals surface area (Å²) in [6.07, 6.45) is 23.7. The summed E-state index contributed by atoms with van der Waals surface area (Å²) in [5.74, 6) is 3.07. The number of rotatable bonds is 8. The van der Waals surface area contributed by atoms with Gasteiger partial charge in [0.1, 0.15) is 0 Å². The maximum absolute atomic E-state index is 5.49. The molecule has 0 amide bonds. The Morgan fingerprint density at radius 1 is 0.727 bits per heavy atom. The van der Waals surface area contributed by atoms with Crippen molar-refractivity contribution in [3.05, 3.63) is 12.2 Å².